The number of anilines is 1. The topological polar surface area (TPSA) is 62.2 Å². The Bertz CT molecular complexity index is 601. The van der Waals surface area contributed by atoms with Crippen LogP contribution in [0.25, 0.3) is 10.8 Å². The fraction of sp³-hybridized carbons (Fsp3) is 0.333. The number of aromatic carboxylic acids is 1. The number of nitrogens with zero attached hydrogens (tertiary/aromatic N) is 1. The number of nitrogens with one attached hydrogen (secondary N) is 1. The van der Waals surface area contributed by atoms with Crippen LogP contribution in [0, 0.1) is 0 Å². The van der Waals surface area contributed by atoms with E-state index in [0.717, 1.165) is 35.9 Å². The number of carboxylic acid groups (broad SMARTS) is 1. The Kier molecular flexibility index (Phi) is 5.24. The van der Waals surface area contributed by atoms with E-state index in [9.17, 15) is 4.79 Å². The number of hydrogen-bond donors (Lipinski definition) is 2. The van der Waals surface area contributed by atoms with Gasteiger partial charge in [-0.1, -0.05) is 24.3 Å². The minimum atomic E-state index is -0.999. The molecular formula is C15H18N2O2S. The summed E-state index contributed by atoms with van der Waals surface area (Å²) in [4.78, 5) is 15.3. The molecule has 0 radical (unpaired) electrons. The average molecular weight is 290 g/mol. The van der Waals surface area contributed by atoms with Crippen LogP contribution in [0.4, 0.5) is 5.82 Å². The summed E-state index contributed by atoms with van der Waals surface area (Å²) in [6, 6.07) is 9.30. The third kappa shape index (κ3) is 3.63. The smallest absolute Gasteiger partial charge is 0.354 e. The molecule has 0 fully saturated rings. The van der Waals surface area contributed by atoms with Crippen molar-refractivity contribution in [2.24, 2.45) is 0 Å². The number of aromatic nitrogens is 1. The summed E-state index contributed by atoms with van der Waals surface area (Å²) < 4.78 is 0. The molecule has 106 valence electrons. The number of fused-ring (bicyclic) bond motifs is 1. The highest BCUT2D eigenvalue weighted by molar-refractivity contribution is 7.98. The van der Waals surface area contributed by atoms with E-state index in [0.29, 0.717) is 5.82 Å². The summed E-state index contributed by atoms with van der Waals surface area (Å²) in [6.45, 7) is 0.806. The first-order chi connectivity index (χ1) is 9.72. The highest BCUT2D eigenvalue weighted by Gasteiger charge is 2.10. The van der Waals surface area contributed by atoms with Gasteiger partial charge in [-0.15, -0.1) is 0 Å². The lowest BCUT2D eigenvalue weighted by atomic mass is 10.1. The van der Waals surface area contributed by atoms with Crippen LogP contribution in [0.2, 0.25) is 0 Å². The van der Waals surface area contributed by atoms with Gasteiger partial charge in [0.25, 0.3) is 0 Å². The molecule has 0 atom stereocenters. The van der Waals surface area contributed by atoms with Crippen LogP contribution in [0.1, 0.15) is 23.3 Å². The van der Waals surface area contributed by atoms with Crippen LogP contribution in [-0.4, -0.2) is 34.6 Å². The Morgan fingerprint density at radius 3 is 2.90 bits per heavy atom. The summed E-state index contributed by atoms with van der Waals surface area (Å²) in [5.41, 5.74) is 0.0790. The van der Waals surface area contributed by atoms with Crippen LogP contribution in [-0.2, 0) is 0 Å². The standard InChI is InChI=1S/C15H18N2O2S/c1-20-9-5-4-8-16-14-12-7-3-2-6-11(12)10-13(17-14)15(18)19/h2-3,6-7,10H,4-5,8-9H2,1H3,(H,16,17)(H,18,19). The highest BCUT2D eigenvalue weighted by atomic mass is 32.2. The molecule has 0 aliphatic carbocycles. The van der Waals surface area contributed by atoms with Crippen LogP contribution in [0.3, 0.4) is 0 Å². The molecular weight excluding hydrogens is 272 g/mol. The summed E-state index contributed by atoms with van der Waals surface area (Å²) >= 11 is 1.84. The molecule has 20 heavy (non-hydrogen) atoms. The molecule has 1 aromatic heterocycles. The van der Waals surface area contributed by atoms with E-state index < -0.39 is 5.97 Å². The van der Waals surface area contributed by atoms with Gasteiger partial charge in [-0.05, 0) is 36.3 Å². The quantitative estimate of drug-likeness (QED) is 0.764. The monoisotopic (exact) mass is 290 g/mol. The van der Waals surface area contributed by atoms with E-state index in [1.807, 2.05) is 36.0 Å². The molecule has 2 aromatic rings. The minimum absolute atomic E-state index is 0.0790. The first kappa shape index (κ1) is 14.7. The summed E-state index contributed by atoms with van der Waals surface area (Å²) in [6.07, 6.45) is 4.29. The molecule has 0 spiro atoms. The SMILES string of the molecule is CSCCCCNc1nc(C(=O)O)cc2ccccc12. The molecule has 0 aliphatic rings. The zero-order valence-corrected chi connectivity index (χ0v) is 12.2. The number of hydrogen-bond acceptors (Lipinski definition) is 4. The van der Waals surface area contributed by atoms with Gasteiger partial charge in [0.15, 0.2) is 5.69 Å². The van der Waals surface area contributed by atoms with Gasteiger partial charge in [-0.25, -0.2) is 9.78 Å². The summed E-state index contributed by atoms with van der Waals surface area (Å²) in [5.74, 6) is 0.802. The first-order valence-electron chi connectivity index (χ1n) is 6.58. The largest absolute Gasteiger partial charge is 0.477 e. The van der Waals surface area contributed by atoms with Crippen molar-refractivity contribution >= 4 is 34.3 Å². The molecule has 4 nitrogen and oxygen atoms in total. The highest BCUT2D eigenvalue weighted by Crippen LogP contribution is 2.22. The van der Waals surface area contributed by atoms with Crippen molar-refractivity contribution in [2.45, 2.75) is 12.8 Å². The van der Waals surface area contributed by atoms with Crippen molar-refractivity contribution < 1.29 is 9.90 Å². The summed E-state index contributed by atoms with van der Waals surface area (Å²) in [7, 11) is 0. The van der Waals surface area contributed by atoms with Crippen LogP contribution in [0.15, 0.2) is 30.3 Å². The molecule has 1 heterocycles. The Balaban J connectivity index is 2.19. The van der Waals surface area contributed by atoms with Crippen LogP contribution in [0.5, 0.6) is 0 Å². The van der Waals surface area contributed by atoms with E-state index in [-0.39, 0.29) is 5.69 Å². The number of benzene rings is 1. The predicted molar refractivity (Wildman–Crippen MR) is 84.8 cm³/mol. The molecule has 2 N–H and O–H groups in total. The van der Waals surface area contributed by atoms with Gasteiger partial charge in [-0.3, -0.25) is 0 Å². The Hall–Kier alpha value is -1.75. The molecule has 0 aliphatic heterocycles. The molecule has 0 amide bonds. The lowest BCUT2D eigenvalue weighted by Crippen LogP contribution is -2.08. The van der Waals surface area contributed by atoms with Crippen molar-refractivity contribution in [1.82, 2.24) is 4.98 Å². The minimum Gasteiger partial charge on any atom is -0.477 e. The number of rotatable bonds is 7. The number of unbranched alkanes of at least 4 members (excludes halogenated alkanes) is 1. The van der Waals surface area contributed by atoms with Crippen molar-refractivity contribution in [3.8, 4) is 0 Å². The maximum atomic E-state index is 11.1. The maximum Gasteiger partial charge on any atom is 0.354 e. The maximum absolute atomic E-state index is 11.1. The number of carboxylic acids is 1. The molecule has 0 bridgehead atoms. The lowest BCUT2D eigenvalue weighted by Gasteiger charge is -2.10. The van der Waals surface area contributed by atoms with E-state index in [2.05, 4.69) is 16.6 Å². The average Bonchev–Trinajstić information content (AvgIpc) is 2.46. The second kappa shape index (κ2) is 7.14. The van der Waals surface area contributed by atoms with Gasteiger partial charge in [0.1, 0.15) is 5.82 Å². The number of thioether (sulfide) groups is 1. The van der Waals surface area contributed by atoms with Gasteiger partial charge in [-0.2, -0.15) is 11.8 Å². The van der Waals surface area contributed by atoms with Crippen molar-refractivity contribution in [2.75, 3.05) is 23.9 Å². The molecule has 0 saturated carbocycles. The van der Waals surface area contributed by atoms with Gasteiger partial charge < -0.3 is 10.4 Å². The van der Waals surface area contributed by atoms with Crippen molar-refractivity contribution in [3.63, 3.8) is 0 Å². The Morgan fingerprint density at radius 1 is 1.35 bits per heavy atom. The second-order valence-electron chi connectivity index (χ2n) is 4.51. The van der Waals surface area contributed by atoms with Crippen molar-refractivity contribution in [1.29, 1.82) is 0 Å². The Labute approximate surface area is 122 Å². The lowest BCUT2D eigenvalue weighted by molar-refractivity contribution is 0.0691. The zero-order valence-electron chi connectivity index (χ0n) is 11.4. The van der Waals surface area contributed by atoms with Gasteiger partial charge in [0.05, 0.1) is 0 Å². The molecule has 5 heteroatoms. The van der Waals surface area contributed by atoms with E-state index >= 15 is 0 Å². The molecule has 0 unspecified atom stereocenters. The Morgan fingerprint density at radius 2 is 2.15 bits per heavy atom. The molecule has 0 saturated heterocycles. The van der Waals surface area contributed by atoms with E-state index in [1.54, 1.807) is 6.07 Å². The number of pyridine rings is 1. The van der Waals surface area contributed by atoms with Crippen molar-refractivity contribution in [3.05, 3.63) is 36.0 Å². The third-order valence-corrected chi connectivity index (χ3v) is 3.72. The summed E-state index contributed by atoms with van der Waals surface area (Å²) in [5, 5.41) is 14.2. The van der Waals surface area contributed by atoms with Gasteiger partial charge >= 0.3 is 5.97 Å². The predicted octanol–water partition coefficient (Wildman–Crippen LogP) is 3.49. The van der Waals surface area contributed by atoms with Gasteiger partial charge in [0.2, 0.25) is 0 Å². The normalized spacial score (nSPS) is 10.7. The zero-order chi connectivity index (χ0) is 14.4. The fourth-order valence-corrected chi connectivity index (χ4v) is 2.51. The molecule has 2 rings (SSSR count). The first-order valence-corrected chi connectivity index (χ1v) is 7.97. The fourth-order valence-electron chi connectivity index (χ4n) is 2.02. The van der Waals surface area contributed by atoms with E-state index in [4.69, 9.17) is 5.11 Å². The van der Waals surface area contributed by atoms with E-state index in [1.165, 1.54) is 0 Å². The second-order valence-corrected chi connectivity index (χ2v) is 5.49. The number of carbonyl (C=O) groups is 1. The van der Waals surface area contributed by atoms with Crippen LogP contribution >= 0.6 is 11.8 Å². The van der Waals surface area contributed by atoms with Crippen LogP contribution < -0.4 is 5.32 Å². The molecule has 1 aromatic carbocycles. The van der Waals surface area contributed by atoms with Gasteiger partial charge in [0, 0.05) is 11.9 Å². The third-order valence-electron chi connectivity index (χ3n) is 3.03.